The Morgan fingerprint density at radius 3 is 2.84 bits per heavy atom. The van der Waals surface area contributed by atoms with Crippen LogP contribution in [-0.4, -0.2) is 61.1 Å². The van der Waals surface area contributed by atoms with Crippen LogP contribution in [0.4, 0.5) is 0 Å². The van der Waals surface area contributed by atoms with Crippen LogP contribution in [0.15, 0.2) is 18.5 Å². The maximum absolute atomic E-state index is 4.35. The van der Waals surface area contributed by atoms with Gasteiger partial charge in [-0.15, -0.1) is 0 Å². The van der Waals surface area contributed by atoms with Gasteiger partial charge >= 0.3 is 0 Å². The van der Waals surface area contributed by atoms with Crippen LogP contribution in [0.2, 0.25) is 0 Å². The van der Waals surface area contributed by atoms with Crippen LogP contribution < -0.4 is 5.32 Å². The van der Waals surface area contributed by atoms with Gasteiger partial charge in [0.2, 0.25) is 0 Å². The molecule has 1 aromatic rings. The summed E-state index contributed by atoms with van der Waals surface area (Å²) in [5, 5.41) is 3.64. The van der Waals surface area contributed by atoms with Gasteiger partial charge in [-0.2, -0.15) is 0 Å². The van der Waals surface area contributed by atoms with E-state index in [0.29, 0.717) is 12.1 Å². The van der Waals surface area contributed by atoms with Gasteiger partial charge in [0.25, 0.3) is 0 Å². The fourth-order valence-corrected chi connectivity index (χ4v) is 2.85. The standard InChI is InChI=1S/C15H26N4/c1-5-17-15(13-8-12(2)9-16-10-13)14-11-18(3)6-7-19(14)4/h8-10,14-15,17H,5-7,11H2,1-4H3. The molecule has 1 fully saturated rings. The van der Waals surface area contributed by atoms with Gasteiger partial charge in [0, 0.05) is 38.1 Å². The minimum atomic E-state index is 0.352. The Hall–Kier alpha value is -0.970. The van der Waals surface area contributed by atoms with Gasteiger partial charge in [-0.1, -0.05) is 13.0 Å². The zero-order valence-corrected chi connectivity index (χ0v) is 12.6. The molecule has 0 aromatic carbocycles. The summed E-state index contributed by atoms with van der Waals surface area (Å²) in [7, 11) is 4.43. The summed E-state index contributed by atoms with van der Waals surface area (Å²) in [6.07, 6.45) is 3.92. The van der Waals surface area contributed by atoms with Gasteiger partial charge in [0.05, 0.1) is 6.04 Å². The summed E-state index contributed by atoms with van der Waals surface area (Å²) < 4.78 is 0. The molecule has 1 aliphatic rings. The number of hydrogen-bond donors (Lipinski definition) is 1. The van der Waals surface area contributed by atoms with Gasteiger partial charge in [-0.05, 0) is 38.7 Å². The number of rotatable bonds is 4. The van der Waals surface area contributed by atoms with Crippen molar-refractivity contribution in [1.82, 2.24) is 20.1 Å². The van der Waals surface area contributed by atoms with Crippen LogP contribution in [0.1, 0.15) is 24.1 Å². The lowest BCUT2D eigenvalue weighted by molar-refractivity contribution is 0.0879. The highest BCUT2D eigenvalue weighted by atomic mass is 15.3. The van der Waals surface area contributed by atoms with Gasteiger partial charge in [0.1, 0.15) is 0 Å². The largest absolute Gasteiger partial charge is 0.309 e. The third kappa shape index (κ3) is 3.53. The smallest absolute Gasteiger partial charge is 0.0505 e. The Kier molecular flexibility index (Phi) is 4.91. The molecule has 0 amide bonds. The monoisotopic (exact) mass is 262 g/mol. The number of nitrogens with zero attached hydrogens (tertiary/aromatic N) is 3. The molecule has 106 valence electrons. The maximum Gasteiger partial charge on any atom is 0.0505 e. The van der Waals surface area contributed by atoms with E-state index >= 15 is 0 Å². The Morgan fingerprint density at radius 1 is 1.37 bits per heavy atom. The fraction of sp³-hybridized carbons (Fsp3) is 0.667. The molecule has 0 aliphatic carbocycles. The molecule has 4 heteroatoms. The zero-order chi connectivity index (χ0) is 13.8. The molecule has 2 heterocycles. The van der Waals surface area contributed by atoms with Crippen LogP contribution in [-0.2, 0) is 0 Å². The highest BCUT2D eigenvalue weighted by Gasteiger charge is 2.30. The van der Waals surface area contributed by atoms with E-state index in [9.17, 15) is 0 Å². The predicted octanol–water partition coefficient (Wildman–Crippen LogP) is 1.29. The number of hydrogen-bond acceptors (Lipinski definition) is 4. The molecule has 0 saturated carbocycles. The van der Waals surface area contributed by atoms with Crippen molar-refractivity contribution in [2.75, 3.05) is 40.3 Å². The highest BCUT2D eigenvalue weighted by Crippen LogP contribution is 2.23. The van der Waals surface area contributed by atoms with Gasteiger partial charge < -0.3 is 10.2 Å². The molecule has 2 atom stereocenters. The van der Waals surface area contributed by atoms with E-state index in [1.54, 1.807) is 0 Å². The number of nitrogens with one attached hydrogen (secondary N) is 1. The van der Waals surface area contributed by atoms with Crippen molar-refractivity contribution in [2.45, 2.75) is 25.9 Å². The minimum absolute atomic E-state index is 0.352. The van der Waals surface area contributed by atoms with E-state index in [2.05, 4.69) is 54.1 Å². The van der Waals surface area contributed by atoms with Crippen molar-refractivity contribution < 1.29 is 0 Å². The molecule has 1 aromatic heterocycles. The van der Waals surface area contributed by atoms with E-state index in [1.807, 2.05) is 12.4 Å². The van der Waals surface area contributed by atoms with E-state index in [1.165, 1.54) is 11.1 Å². The molecule has 0 bridgehead atoms. The average Bonchev–Trinajstić information content (AvgIpc) is 2.39. The quantitative estimate of drug-likeness (QED) is 0.886. The van der Waals surface area contributed by atoms with Crippen molar-refractivity contribution in [1.29, 1.82) is 0 Å². The molecular weight excluding hydrogens is 236 g/mol. The van der Waals surface area contributed by atoms with Gasteiger partial charge in [-0.25, -0.2) is 0 Å². The average molecular weight is 262 g/mol. The summed E-state index contributed by atoms with van der Waals surface area (Å²) >= 11 is 0. The molecule has 1 saturated heterocycles. The summed E-state index contributed by atoms with van der Waals surface area (Å²) in [4.78, 5) is 9.24. The number of likely N-dealkylation sites (N-methyl/N-ethyl adjacent to an activating group) is 3. The SMILES string of the molecule is CCNC(c1cncc(C)c1)C1CN(C)CCN1C. The molecule has 0 radical (unpaired) electrons. The Bertz CT molecular complexity index is 407. The summed E-state index contributed by atoms with van der Waals surface area (Å²) in [5.41, 5.74) is 2.53. The lowest BCUT2D eigenvalue weighted by Crippen LogP contribution is -2.55. The first-order valence-corrected chi connectivity index (χ1v) is 7.15. The fourth-order valence-electron chi connectivity index (χ4n) is 2.85. The van der Waals surface area contributed by atoms with Crippen LogP contribution in [0.3, 0.4) is 0 Å². The topological polar surface area (TPSA) is 31.4 Å². The van der Waals surface area contributed by atoms with E-state index in [4.69, 9.17) is 0 Å². The van der Waals surface area contributed by atoms with Crippen LogP contribution >= 0.6 is 0 Å². The second-order valence-electron chi connectivity index (χ2n) is 5.64. The maximum atomic E-state index is 4.35. The molecule has 0 spiro atoms. The Balaban J connectivity index is 2.23. The molecular formula is C15H26N4. The third-order valence-corrected chi connectivity index (χ3v) is 3.96. The lowest BCUT2D eigenvalue weighted by Gasteiger charge is -2.42. The number of pyridine rings is 1. The number of aryl methyl sites for hydroxylation is 1. The molecule has 1 N–H and O–H groups in total. The molecule has 4 nitrogen and oxygen atoms in total. The van der Waals surface area contributed by atoms with Crippen molar-refractivity contribution >= 4 is 0 Å². The minimum Gasteiger partial charge on any atom is -0.309 e. The predicted molar refractivity (Wildman–Crippen MR) is 79.3 cm³/mol. The third-order valence-electron chi connectivity index (χ3n) is 3.96. The Morgan fingerprint density at radius 2 is 2.16 bits per heavy atom. The molecule has 1 aliphatic heterocycles. The summed E-state index contributed by atoms with van der Waals surface area (Å²) in [5.74, 6) is 0. The normalized spacial score (nSPS) is 23.5. The van der Waals surface area contributed by atoms with Gasteiger partial charge in [0.15, 0.2) is 0 Å². The second-order valence-corrected chi connectivity index (χ2v) is 5.64. The van der Waals surface area contributed by atoms with Crippen LogP contribution in [0.25, 0.3) is 0 Å². The second kappa shape index (κ2) is 6.46. The summed E-state index contributed by atoms with van der Waals surface area (Å²) in [6, 6.07) is 3.11. The highest BCUT2D eigenvalue weighted by molar-refractivity contribution is 5.22. The molecule has 2 unspecified atom stereocenters. The van der Waals surface area contributed by atoms with Gasteiger partial charge in [-0.3, -0.25) is 9.88 Å². The first kappa shape index (κ1) is 14.4. The van der Waals surface area contributed by atoms with Crippen LogP contribution in [0, 0.1) is 6.92 Å². The molecule has 19 heavy (non-hydrogen) atoms. The first-order valence-electron chi connectivity index (χ1n) is 7.15. The zero-order valence-electron chi connectivity index (χ0n) is 12.6. The van der Waals surface area contributed by atoms with Crippen LogP contribution in [0.5, 0.6) is 0 Å². The van der Waals surface area contributed by atoms with Crippen molar-refractivity contribution in [3.05, 3.63) is 29.6 Å². The van der Waals surface area contributed by atoms with E-state index < -0.39 is 0 Å². The lowest BCUT2D eigenvalue weighted by atomic mass is 9.96. The van der Waals surface area contributed by atoms with Crippen molar-refractivity contribution in [2.24, 2.45) is 0 Å². The number of piperazine rings is 1. The van der Waals surface area contributed by atoms with E-state index in [-0.39, 0.29) is 0 Å². The summed E-state index contributed by atoms with van der Waals surface area (Å²) in [6.45, 7) is 8.63. The van der Waals surface area contributed by atoms with Crippen molar-refractivity contribution in [3.8, 4) is 0 Å². The van der Waals surface area contributed by atoms with E-state index in [0.717, 1.165) is 26.2 Å². The first-order chi connectivity index (χ1) is 9.11. The van der Waals surface area contributed by atoms with Crippen molar-refractivity contribution in [3.63, 3.8) is 0 Å². The number of aromatic nitrogens is 1. The Labute approximate surface area is 116 Å². The molecule has 2 rings (SSSR count).